The molecule has 2 aromatic carbocycles. The molecule has 0 unspecified atom stereocenters. The molecule has 0 amide bonds. The smallest absolute Gasteiger partial charge is 0.338 e. The lowest BCUT2D eigenvalue weighted by molar-refractivity contribution is 0.0526. The number of nitrogens with zero attached hydrogens (tertiary/aromatic N) is 3. The van der Waals surface area contributed by atoms with Crippen LogP contribution < -0.4 is 16.0 Å². The molecule has 10 heteroatoms. The van der Waals surface area contributed by atoms with Gasteiger partial charge in [0.2, 0.25) is 17.8 Å². The summed E-state index contributed by atoms with van der Waals surface area (Å²) in [4.78, 5) is 25.1. The second-order valence-electron chi connectivity index (χ2n) is 6.83. The van der Waals surface area contributed by atoms with E-state index in [1.54, 1.807) is 67.8 Å². The maximum Gasteiger partial charge on any atom is 0.338 e. The summed E-state index contributed by atoms with van der Waals surface area (Å²) < 4.78 is 10.3. The van der Waals surface area contributed by atoms with Crippen molar-refractivity contribution in [3.8, 4) is 5.75 Å². The van der Waals surface area contributed by atoms with Gasteiger partial charge in [-0.05, 0) is 67.6 Å². The zero-order valence-electron chi connectivity index (χ0n) is 17.8. The largest absolute Gasteiger partial charge is 0.508 e. The van der Waals surface area contributed by atoms with Crippen LogP contribution in [-0.2, 0) is 11.3 Å². The fourth-order valence-corrected chi connectivity index (χ4v) is 2.85. The highest BCUT2D eigenvalue weighted by Crippen LogP contribution is 2.21. The number of furan rings is 1. The number of aromatic hydroxyl groups is 1. The molecule has 4 rings (SSSR count). The molecular formula is C23H22N6O4. The SMILES string of the molecule is CCOC(=O)c1ccc(Nc2nc(NCc3ccco3)nc(Nc3ccc(O)cc3)n2)cc1. The lowest BCUT2D eigenvalue weighted by Crippen LogP contribution is -2.09. The van der Waals surface area contributed by atoms with Crippen molar-refractivity contribution in [3.63, 3.8) is 0 Å². The lowest BCUT2D eigenvalue weighted by Gasteiger charge is -2.11. The molecule has 0 aliphatic rings. The maximum absolute atomic E-state index is 11.9. The Kier molecular flexibility index (Phi) is 6.64. The summed E-state index contributed by atoms with van der Waals surface area (Å²) >= 11 is 0. The summed E-state index contributed by atoms with van der Waals surface area (Å²) in [7, 11) is 0. The van der Waals surface area contributed by atoms with Gasteiger partial charge < -0.3 is 30.2 Å². The second-order valence-corrected chi connectivity index (χ2v) is 6.83. The third-order valence-corrected chi connectivity index (χ3v) is 4.41. The van der Waals surface area contributed by atoms with Crippen LogP contribution >= 0.6 is 0 Å². The molecule has 33 heavy (non-hydrogen) atoms. The molecule has 4 N–H and O–H groups in total. The summed E-state index contributed by atoms with van der Waals surface area (Å²) in [6, 6.07) is 17.0. The Bertz CT molecular complexity index is 1190. The molecule has 0 saturated carbocycles. The Morgan fingerprint density at radius 3 is 2.09 bits per heavy atom. The van der Waals surface area contributed by atoms with Crippen molar-refractivity contribution < 1.29 is 19.1 Å². The van der Waals surface area contributed by atoms with Crippen molar-refractivity contribution in [2.24, 2.45) is 0 Å². The molecule has 2 aromatic heterocycles. The number of hydrogen-bond donors (Lipinski definition) is 4. The monoisotopic (exact) mass is 446 g/mol. The van der Waals surface area contributed by atoms with Gasteiger partial charge in [0, 0.05) is 11.4 Å². The molecule has 0 spiro atoms. The van der Waals surface area contributed by atoms with E-state index < -0.39 is 0 Å². The third kappa shape index (κ3) is 5.97. The van der Waals surface area contributed by atoms with E-state index in [2.05, 4.69) is 30.9 Å². The molecule has 0 bridgehead atoms. The summed E-state index contributed by atoms with van der Waals surface area (Å²) in [5, 5.41) is 18.8. The Hall–Kier alpha value is -4.60. The Labute approximate surface area is 189 Å². The molecule has 0 aliphatic heterocycles. The van der Waals surface area contributed by atoms with Gasteiger partial charge >= 0.3 is 5.97 Å². The number of benzene rings is 2. The molecular weight excluding hydrogens is 424 g/mol. The normalized spacial score (nSPS) is 10.5. The number of phenolic OH excluding ortho intramolecular Hbond substituents is 1. The number of nitrogens with one attached hydrogen (secondary N) is 3. The minimum Gasteiger partial charge on any atom is -0.508 e. The first-order chi connectivity index (χ1) is 16.1. The highest BCUT2D eigenvalue weighted by molar-refractivity contribution is 5.89. The van der Waals surface area contributed by atoms with Crippen LogP contribution in [0.25, 0.3) is 0 Å². The zero-order valence-corrected chi connectivity index (χ0v) is 17.8. The van der Waals surface area contributed by atoms with Crippen molar-refractivity contribution in [3.05, 3.63) is 78.3 Å². The number of carbonyl (C=O) groups is 1. The van der Waals surface area contributed by atoms with Gasteiger partial charge in [-0.3, -0.25) is 0 Å². The van der Waals surface area contributed by atoms with Gasteiger partial charge in [0.05, 0.1) is 25.0 Å². The molecule has 4 aromatic rings. The molecule has 2 heterocycles. The van der Waals surface area contributed by atoms with Crippen LogP contribution in [0.2, 0.25) is 0 Å². The van der Waals surface area contributed by atoms with Crippen LogP contribution in [0.15, 0.2) is 71.3 Å². The van der Waals surface area contributed by atoms with E-state index in [1.165, 1.54) is 0 Å². The first-order valence-electron chi connectivity index (χ1n) is 10.2. The Balaban J connectivity index is 1.55. The van der Waals surface area contributed by atoms with E-state index in [-0.39, 0.29) is 17.7 Å². The first-order valence-corrected chi connectivity index (χ1v) is 10.2. The number of anilines is 5. The molecule has 0 radical (unpaired) electrons. The quantitative estimate of drug-likeness (QED) is 0.216. The number of hydrogen-bond acceptors (Lipinski definition) is 10. The van der Waals surface area contributed by atoms with E-state index in [1.807, 2.05) is 6.07 Å². The van der Waals surface area contributed by atoms with Gasteiger partial charge in [0.25, 0.3) is 0 Å². The van der Waals surface area contributed by atoms with Gasteiger partial charge in [0.15, 0.2) is 0 Å². The summed E-state index contributed by atoms with van der Waals surface area (Å²) in [5.74, 6) is 1.42. The fraction of sp³-hybridized carbons (Fsp3) is 0.130. The zero-order chi connectivity index (χ0) is 23.0. The van der Waals surface area contributed by atoms with E-state index in [0.29, 0.717) is 42.0 Å². The van der Waals surface area contributed by atoms with E-state index in [9.17, 15) is 9.90 Å². The van der Waals surface area contributed by atoms with Gasteiger partial charge in [-0.1, -0.05) is 0 Å². The third-order valence-electron chi connectivity index (χ3n) is 4.41. The number of carbonyl (C=O) groups excluding carboxylic acids is 1. The van der Waals surface area contributed by atoms with Gasteiger partial charge in [-0.15, -0.1) is 0 Å². The molecule has 168 valence electrons. The van der Waals surface area contributed by atoms with Crippen LogP contribution in [0.1, 0.15) is 23.0 Å². The average Bonchev–Trinajstić information content (AvgIpc) is 3.34. The highest BCUT2D eigenvalue weighted by atomic mass is 16.5. The predicted molar refractivity (Wildman–Crippen MR) is 123 cm³/mol. The number of phenols is 1. The highest BCUT2D eigenvalue weighted by Gasteiger charge is 2.10. The first kappa shape index (κ1) is 21.6. The van der Waals surface area contributed by atoms with Crippen LogP contribution in [0.3, 0.4) is 0 Å². The standard InChI is InChI=1S/C23H22N6O4/c1-2-32-20(31)15-5-7-16(8-6-15)25-22-27-21(24-14-19-4-3-13-33-19)28-23(29-22)26-17-9-11-18(30)12-10-17/h3-13,30H,2,14H2,1H3,(H3,24,25,26,27,28,29). The van der Waals surface area contributed by atoms with E-state index >= 15 is 0 Å². The topological polar surface area (TPSA) is 134 Å². The fourth-order valence-electron chi connectivity index (χ4n) is 2.85. The minimum absolute atomic E-state index is 0.158. The minimum atomic E-state index is -0.381. The molecule has 10 nitrogen and oxygen atoms in total. The number of aromatic nitrogens is 3. The summed E-state index contributed by atoms with van der Waals surface area (Å²) in [6.07, 6.45) is 1.59. The van der Waals surface area contributed by atoms with Gasteiger partial charge in [0.1, 0.15) is 11.5 Å². The van der Waals surface area contributed by atoms with Crippen LogP contribution in [0.5, 0.6) is 5.75 Å². The van der Waals surface area contributed by atoms with Crippen LogP contribution in [0.4, 0.5) is 29.2 Å². The molecule has 0 saturated heterocycles. The van der Waals surface area contributed by atoms with E-state index in [0.717, 1.165) is 5.76 Å². The van der Waals surface area contributed by atoms with Crippen LogP contribution in [-0.4, -0.2) is 32.6 Å². The second kappa shape index (κ2) is 10.1. The molecule has 0 atom stereocenters. The summed E-state index contributed by atoms with van der Waals surface area (Å²) in [5.41, 5.74) is 1.83. The summed E-state index contributed by atoms with van der Waals surface area (Å²) in [6.45, 7) is 2.47. The Morgan fingerprint density at radius 1 is 0.909 bits per heavy atom. The van der Waals surface area contributed by atoms with Crippen molar-refractivity contribution in [2.75, 3.05) is 22.6 Å². The lowest BCUT2D eigenvalue weighted by atomic mass is 10.2. The Morgan fingerprint density at radius 2 is 1.52 bits per heavy atom. The molecule has 0 aliphatic carbocycles. The average molecular weight is 446 g/mol. The van der Waals surface area contributed by atoms with E-state index in [4.69, 9.17) is 9.15 Å². The number of esters is 1. The van der Waals surface area contributed by atoms with Crippen molar-refractivity contribution in [1.82, 2.24) is 15.0 Å². The van der Waals surface area contributed by atoms with Crippen molar-refractivity contribution in [2.45, 2.75) is 13.5 Å². The number of ether oxygens (including phenoxy) is 1. The number of rotatable bonds is 9. The van der Waals surface area contributed by atoms with Crippen LogP contribution in [0, 0.1) is 0 Å². The molecule has 0 fully saturated rings. The van der Waals surface area contributed by atoms with Gasteiger partial charge in [-0.25, -0.2) is 4.79 Å². The maximum atomic E-state index is 11.9. The van der Waals surface area contributed by atoms with Gasteiger partial charge in [-0.2, -0.15) is 15.0 Å². The predicted octanol–water partition coefficient (Wildman–Crippen LogP) is 4.45. The van der Waals surface area contributed by atoms with Crippen molar-refractivity contribution >= 4 is 35.2 Å². The van der Waals surface area contributed by atoms with Crippen molar-refractivity contribution in [1.29, 1.82) is 0 Å².